The van der Waals surface area contributed by atoms with Crippen molar-refractivity contribution in [1.29, 1.82) is 0 Å². The summed E-state index contributed by atoms with van der Waals surface area (Å²) < 4.78 is 0. The number of nitrogens with zero attached hydrogens (tertiary/aromatic N) is 1. The molecule has 0 bridgehead atoms. The second-order valence-electron chi connectivity index (χ2n) is 2.88. The van der Waals surface area contributed by atoms with E-state index in [9.17, 15) is 9.59 Å². The predicted octanol–water partition coefficient (Wildman–Crippen LogP) is 0.465. The van der Waals surface area contributed by atoms with E-state index in [4.69, 9.17) is 5.73 Å². The standard InChI is InChI=1S/C5H9N3.C5H8O2/c6-2-1-5-3-7-4-8-5;6-4-2-1-3-5-7/h3-4H,1-2,6H2,(H,7,8);4-5H,1-3H2. The first-order chi connectivity index (χ1) is 7.35. The third-order valence-electron chi connectivity index (χ3n) is 1.61. The number of carbonyl (C=O) groups is 2. The third-order valence-corrected chi connectivity index (χ3v) is 1.61. The van der Waals surface area contributed by atoms with Crippen molar-refractivity contribution in [2.45, 2.75) is 25.7 Å². The number of nitrogens with two attached hydrogens (primary N) is 1. The van der Waals surface area contributed by atoms with Gasteiger partial charge in [-0.3, -0.25) is 0 Å². The lowest BCUT2D eigenvalue weighted by Gasteiger charge is -1.86. The number of hydrogen-bond acceptors (Lipinski definition) is 4. The van der Waals surface area contributed by atoms with Gasteiger partial charge in [0.2, 0.25) is 0 Å². The lowest BCUT2D eigenvalue weighted by molar-refractivity contribution is -0.108. The number of hydrogen-bond donors (Lipinski definition) is 2. The van der Waals surface area contributed by atoms with E-state index < -0.39 is 0 Å². The zero-order chi connectivity index (χ0) is 11.4. The van der Waals surface area contributed by atoms with Gasteiger partial charge in [0.25, 0.3) is 0 Å². The highest BCUT2D eigenvalue weighted by atomic mass is 16.1. The Labute approximate surface area is 89.1 Å². The Bertz CT molecular complexity index is 239. The number of nitrogens with one attached hydrogen (secondary N) is 1. The van der Waals surface area contributed by atoms with E-state index in [0.29, 0.717) is 25.8 Å². The van der Waals surface area contributed by atoms with Crippen LogP contribution in [0.15, 0.2) is 12.5 Å². The van der Waals surface area contributed by atoms with Crippen LogP contribution >= 0.6 is 0 Å². The van der Waals surface area contributed by atoms with Gasteiger partial charge in [-0.05, 0) is 13.0 Å². The minimum absolute atomic E-state index is 0.513. The van der Waals surface area contributed by atoms with E-state index in [1.807, 2.05) is 0 Å². The van der Waals surface area contributed by atoms with Crippen molar-refractivity contribution in [3.05, 3.63) is 18.2 Å². The van der Waals surface area contributed by atoms with Crippen LogP contribution < -0.4 is 5.73 Å². The molecule has 0 aliphatic rings. The Morgan fingerprint density at radius 3 is 2.40 bits per heavy atom. The zero-order valence-corrected chi connectivity index (χ0v) is 8.69. The van der Waals surface area contributed by atoms with Crippen LogP contribution in [0, 0.1) is 0 Å². The van der Waals surface area contributed by atoms with Gasteiger partial charge in [-0.15, -0.1) is 0 Å². The fraction of sp³-hybridized carbons (Fsp3) is 0.500. The molecular formula is C10H17N3O2. The number of rotatable bonds is 6. The number of imidazole rings is 1. The van der Waals surface area contributed by atoms with Gasteiger partial charge in [-0.25, -0.2) is 4.98 Å². The molecule has 0 aromatic carbocycles. The summed E-state index contributed by atoms with van der Waals surface area (Å²) in [6.45, 7) is 0.683. The zero-order valence-electron chi connectivity index (χ0n) is 8.69. The number of carbonyl (C=O) groups excluding carboxylic acids is 2. The second-order valence-corrected chi connectivity index (χ2v) is 2.88. The Morgan fingerprint density at radius 1 is 1.33 bits per heavy atom. The Hall–Kier alpha value is -1.49. The lowest BCUT2D eigenvalue weighted by atomic mass is 10.3. The molecule has 0 saturated carbocycles. The van der Waals surface area contributed by atoms with Gasteiger partial charge in [0.1, 0.15) is 12.6 Å². The van der Waals surface area contributed by atoms with Crippen molar-refractivity contribution >= 4 is 12.6 Å². The van der Waals surface area contributed by atoms with Crippen LogP contribution in [0.2, 0.25) is 0 Å². The number of aromatic amines is 1. The minimum atomic E-state index is 0.513. The van der Waals surface area contributed by atoms with E-state index in [0.717, 1.165) is 24.7 Å². The largest absolute Gasteiger partial charge is 0.348 e. The van der Waals surface area contributed by atoms with Gasteiger partial charge in [0, 0.05) is 31.2 Å². The number of unbranched alkanes of at least 4 members (excludes halogenated alkanes) is 2. The molecule has 0 spiro atoms. The summed E-state index contributed by atoms with van der Waals surface area (Å²) in [4.78, 5) is 25.9. The predicted molar refractivity (Wildman–Crippen MR) is 57.3 cm³/mol. The van der Waals surface area contributed by atoms with E-state index in [1.54, 1.807) is 12.5 Å². The molecule has 0 fully saturated rings. The van der Waals surface area contributed by atoms with E-state index in [-0.39, 0.29) is 0 Å². The lowest BCUT2D eigenvalue weighted by Crippen LogP contribution is -2.02. The Kier molecular flexibility index (Phi) is 9.54. The average molecular weight is 211 g/mol. The van der Waals surface area contributed by atoms with Crippen LogP contribution in [-0.2, 0) is 16.0 Å². The molecule has 1 aromatic rings. The quantitative estimate of drug-likeness (QED) is 0.528. The molecule has 5 nitrogen and oxygen atoms in total. The summed E-state index contributed by atoms with van der Waals surface area (Å²) in [7, 11) is 0. The first kappa shape index (κ1) is 13.5. The molecular weight excluding hydrogens is 194 g/mol. The molecule has 84 valence electrons. The minimum Gasteiger partial charge on any atom is -0.348 e. The third kappa shape index (κ3) is 8.83. The van der Waals surface area contributed by atoms with E-state index in [1.165, 1.54) is 0 Å². The molecule has 0 saturated heterocycles. The van der Waals surface area contributed by atoms with Crippen LogP contribution in [0.25, 0.3) is 0 Å². The molecule has 3 N–H and O–H groups in total. The van der Waals surface area contributed by atoms with Crippen LogP contribution in [0.3, 0.4) is 0 Å². The summed E-state index contributed by atoms with van der Waals surface area (Å²) in [5, 5.41) is 0. The SMILES string of the molecule is NCCc1cnc[nH]1.O=CCCCC=O. The number of aromatic nitrogens is 2. The van der Waals surface area contributed by atoms with Crippen molar-refractivity contribution in [3.63, 3.8) is 0 Å². The maximum Gasteiger partial charge on any atom is 0.120 e. The van der Waals surface area contributed by atoms with Crippen molar-refractivity contribution in [2.75, 3.05) is 6.54 Å². The molecule has 0 unspecified atom stereocenters. The summed E-state index contributed by atoms with van der Waals surface area (Å²) in [5.74, 6) is 0. The molecule has 1 aromatic heterocycles. The van der Waals surface area contributed by atoms with Crippen molar-refractivity contribution in [3.8, 4) is 0 Å². The summed E-state index contributed by atoms with van der Waals surface area (Å²) in [5.41, 5.74) is 6.38. The topological polar surface area (TPSA) is 88.8 Å². The summed E-state index contributed by atoms with van der Waals surface area (Å²) in [6.07, 6.45) is 7.70. The Balaban J connectivity index is 0.000000265. The van der Waals surface area contributed by atoms with Crippen molar-refractivity contribution in [2.24, 2.45) is 5.73 Å². The maximum atomic E-state index is 9.56. The van der Waals surface area contributed by atoms with Gasteiger partial charge in [-0.1, -0.05) is 0 Å². The summed E-state index contributed by atoms with van der Waals surface area (Å²) >= 11 is 0. The van der Waals surface area contributed by atoms with Gasteiger partial charge < -0.3 is 20.3 Å². The van der Waals surface area contributed by atoms with Gasteiger partial charge in [0.15, 0.2) is 0 Å². The normalized spacial score (nSPS) is 8.87. The monoisotopic (exact) mass is 211 g/mol. The first-order valence-corrected chi connectivity index (χ1v) is 4.89. The van der Waals surface area contributed by atoms with E-state index >= 15 is 0 Å². The van der Waals surface area contributed by atoms with Crippen LogP contribution in [0.5, 0.6) is 0 Å². The van der Waals surface area contributed by atoms with Gasteiger partial charge in [0.05, 0.1) is 6.33 Å². The van der Waals surface area contributed by atoms with Crippen molar-refractivity contribution in [1.82, 2.24) is 9.97 Å². The van der Waals surface area contributed by atoms with Crippen LogP contribution in [-0.4, -0.2) is 29.1 Å². The molecule has 1 rings (SSSR count). The highest BCUT2D eigenvalue weighted by molar-refractivity contribution is 5.52. The molecule has 0 atom stereocenters. The molecule has 0 radical (unpaired) electrons. The van der Waals surface area contributed by atoms with Crippen molar-refractivity contribution < 1.29 is 9.59 Å². The smallest absolute Gasteiger partial charge is 0.120 e. The summed E-state index contributed by atoms with van der Waals surface area (Å²) in [6, 6.07) is 0. The molecule has 0 aliphatic carbocycles. The molecule has 15 heavy (non-hydrogen) atoms. The number of aldehydes is 2. The molecule has 0 aliphatic heterocycles. The fourth-order valence-electron chi connectivity index (χ4n) is 0.861. The maximum absolute atomic E-state index is 9.56. The van der Waals surface area contributed by atoms with E-state index in [2.05, 4.69) is 9.97 Å². The second kappa shape index (κ2) is 10.6. The molecule has 1 heterocycles. The van der Waals surface area contributed by atoms with Gasteiger partial charge >= 0.3 is 0 Å². The average Bonchev–Trinajstić information content (AvgIpc) is 2.73. The first-order valence-electron chi connectivity index (χ1n) is 4.89. The Morgan fingerprint density at radius 2 is 2.00 bits per heavy atom. The highest BCUT2D eigenvalue weighted by Gasteiger charge is 1.87. The molecule has 0 amide bonds. The van der Waals surface area contributed by atoms with Gasteiger partial charge in [-0.2, -0.15) is 0 Å². The fourth-order valence-corrected chi connectivity index (χ4v) is 0.861. The van der Waals surface area contributed by atoms with Crippen LogP contribution in [0.4, 0.5) is 0 Å². The molecule has 5 heteroatoms. The highest BCUT2D eigenvalue weighted by Crippen LogP contribution is 1.88. The number of H-pyrrole nitrogens is 1. The van der Waals surface area contributed by atoms with Crippen LogP contribution in [0.1, 0.15) is 25.0 Å².